The Labute approximate surface area is 181 Å². The van der Waals surface area contributed by atoms with Crippen molar-refractivity contribution in [3.63, 3.8) is 0 Å². The fourth-order valence-corrected chi connectivity index (χ4v) is 3.36. The van der Waals surface area contributed by atoms with Gasteiger partial charge in [0.15, 0.2) is 5.96 Å². The first-order valence-corrected chi connectivity index (χ1v) is 10.3. The molecule has 0 fully saturated rings. The minimum absolute atomic E-state index is 0.217. The van der Waals surface area contributed by atoms with Crippen molar-refractivity contribution in [1.29, 1.82) is 0 Å². The van der Waals surface area contributed by atoms with Gasteiger partial charge in [0.2, 0.25) is 0 Å². The summed E-state index contributed by atoms with van der Waals surface area (Å²) in [5.41, 5.74) is 0.964. The van der Waals surface area contributed by atoms with Gasteiger partial charge in [-0.1, -0.05) is 12.1 Å². The summed E-state index contributed by atoms with van der Waals surface area (Å²) in [6.45, 7) is 2.10. The van der Waals surface area contributed by atoms with Gasteiger partial charge in [-0.15, -0.1) is 0 Å². The van der Waals surface area contributed by atoms with Crippen molar-refractivity contribution in [2.75, 3.05) is 40.3 Å². The Morgan fingerprint density at radius 1 is 1.06 bits per heavy atom. The van der Waals surface area contributed by atoms with Gasteiger partial charge in [-0.3, -0.25) is 19.5 Å². The molecule has 2 amide bonds. The zero-order chi connectivity index (χ0) is 22.2. The number of fused-ring (bicyclic) bond motifs is 1. The SMILES string of the molecule is CN=C(NCCCCN1C(=O)c2ccccc2C1=O)N(C)CCOc1ccc(F)cc1. The lowest BCUT2D eigenvalue weighted by molar-refractivity contribution is 0.0652. The predicted molar refractivity (Wildman–Crippen MR) is 117 cm³/mol. The van der Waals surface area contributed by atoms with E-state index in [0.29, 0.717) is 49.5 Å². The Bertz CT molecular complexity index is 911. The maximum atomic E-state index is 12.9. The molecular weight excluding hydrogens is 399 g/mol. The molecule has 3 rings (SSSR count). The van der Waals surface area contributed by atoms with Gasteiger partial charge in [0.05, 0.1) is 17.7 Å². The van der Waals surface area contributed by atoms with Gasteiger partial charge in [-0.25, -0.2) is 4.39 Å². The van der Waals surface area contributed by atoms with Crippen LogP contribution in [-0.4, -0.2) is 67.9 Å². The fraction of sp³-hybridized carbons (Fsp3) is 0.348. The van der Waals surface area contributed by atoms with Gasteiger partial charge < -0.3 is 15.0 Å². The molecule has 0 unspecified atom stereocenters. The molecule has 8 heteroatoms. The van der Waals surface area contributed by atoms with Crippen molar-refractivity contribution in [2.24, 2.45) is 4.99 Å². The molecule has 7 nitrogen and oxygen atoms in total. The number of unbranched alkanes of at least 4 members (excludes halogenated alkanes) is 1. The summed E-state index contributed by atoms with van der Waals surface area (Å²) in [7, 11) is 3.61. The van der Waals surface area contributed by atoms with E-state index in [4.69, 9.17) is 4.74 Å². The molecule has 2 aromatic rings. The number of nitrogens with zero attached hydrogens (tertiary/aromatic N) is 3. The highest BCUT2D eigenvalue weighted by Crippen LogP contribution is 2.22. The number of nitrogens with one attached hydrogen (secondary N) is 1. The van der Waals surface area contributed by atoms with Gasteiger partial charge >= 0.3 is 0 Å². The number of halogens is 1. The van der Waals surface area contributed by atoms with E-state index >= 15 is 0 Å². The van der Waals surface area contributed by atoms with E-state index < -0.39 is 0 Å². The highest BCUT2D eigenvalue weighted by molar-refractivity contribution is 6.21. The molecule has 164 valence electrons. The summed E-state index contributed by atoms with van der Waals surface area (Å²) < 4.78 is 18.5. The van der Waals surface area contributed by atoms with Crippen LogP contribution in [0, 0.1) is 5.82 Å². The summed E-state index contributed by atoms with van der Waals surface area (Å²) in [5, 5.41) is 3.27. The second kappa shape index (κ2) is 10.6. The minimum Gasteiger partial charge on any atom is -0.492 e. The lowest BCUT2D eigenvalue weighted by atomic mass is 10.1. The van der Waals surface area contributed by atoms with Crippen LogP contribution in [0.4, 0.5) is 4.39 Å². The van der Waals surface area contributed by atoms with Crippen molar-refractivity contribution in [3.05, 3.63) is 65.5 Å². The normalized spacial score (nSPS) is 13.4. The third kappa shape index (κ3) is 5.59. The molecule has 31 heavy (non-hydrogen) atoms. The topological polar surface area (TPSA) is 74.2 Å². The van der Waals surface area contributed by atoms with E-state index in [0.717, 1.165) is 12.4 Å². The Morgan fingerprint density at radius 2 is 1.71 bits per heavy atom. The highest BCUT2D eigenvalue weighted by atomic mass is 19.1. The molecule has 2 aromatic carbocycles. The molecule has 0 saturated carbocycles. The number of carbonyl (C=O) groups is 2. The number of amides is 2. The number of hydrogen-bond donors (Lipinski definition) is 1. The Morgan fingerprint density at radius 3 is 2.32 bits per heavy atom. The molecule has 0 radical (unpaired) electrons. The van der Waals surface area contributed by atoms with Crippen LogP contribution in [0.2, 0.25) is 0 Å². The van der Waals surface area contributed by atoms with E-state index in [9.17, 15) is 14.0 Å². The third-order valence-electron chi connectivity index (χ3n) is 5.05. The number of benzene rings is 2. The average Bonchev–Trinajstić information content (AvgIpc) is 3.02. The zero-order valence-corrected chi connectivity index (χ0v) is 17.8. The first kappa shape index (κ1) is 22.3. The van der Waals surface area contributed by atoms with E-state index in [-0.39, 0.29) is 17.6 Å². The Balaban J connectivity index is 1.35. The molecule has 1 heterocycles. The first-order valence-electron chi connectivity index (χ1n) is 10.3. The maximum absolute atomic E-state index is 12.9. The number of ether oxygens (including phenoxy) is 1. The second-order valence-electron chi connectivity index (χ2n) is 7.21. The molecule has 1 aliphatic heterocycles. The van der Waals surface area contributed by atoms with E-state index in [1.54, 1.807) is 43.4 Å². The first-order chi connectivity index (χ1) is 15.0. The van der Waals surface area contributed by atoms with Crippen LogP contribution in [-0.2, 0) is 0 Å². The van der Waals surface area contributed by atoms with Crippen molar-refractivity contribution < 1.29 is 18.7 Å². The lowest BCUT2D eigenvalue weighted by Crippen LogP contribution is -2.41. The van der Waals surface area contributed by atoms with Crippen molar-refractivity contribution in [3.8, 4) is 5.75 Å². The van der Waals surface area contributed by atoms with Gasteiger partial charge in [0.1, 0.15) is 18.2 Å². The molecule has 1 N–H and O–H groups in total. The third-order valence-corrected chi connectivity index (χ3v) is 5.05. The van der Waals surface area contributed by atoms with Crippen LogP contribution in [0.25, 0.3) is 0 Å². The number of likely N-dealkylation sites (N-methyl/N-ethyl adjacent to an activating group) is 1. The quantitative estimate of drug-likeness (QED) is 0.289. The number of carbonyl (C=O) groups excluding carboxylic acids is 2. The highest BCUT2D eigenvalue weighted by Gasteiger charge is 2.34. The average molecular weight is 426 g/mol. The molecule has 0 aliphatic carbocycles. The smallest absolute Gasteiger partial charge is 0.261 e. The van der Waals surface area contributed by atoms with Crippen LogP contribution in [0.15, 0.2) is 53.5 Å². The molecule has 0 spiro atoms. The molecule has 0 saturated heterocycles. The summed E-state index contributed by atoms with van der Waals surface area (Å²) >= 11 is 0. The van der Waals surface area contributed by atoms with Gasteiger partial charge in [0.25, 0.3) is 11.8 Å². The van der Waals surface area contributed by atoms with Crippen molar-refractivity contribution >= 4 is 17.8 Å². The fourth-order valence-electron chi connectivity index (χ4n) is 3.36. The molecule has 0 bridgehead atoms. The summed E-state index contributed by atoms with van der Waals surface area (Å²) in [4.78, 5) is 32.3. The predicted octanol–water partition coefficient (Wildman–Crippen LogP) is 2.79. The van der Waals surface area contributed by atoms with Crippen molar-refractivity contribution in [1.82, 2.24) is 15.1 Å². The van der Waals surface area contributed by atoms with E-state index in [1.807, 2.05) is 11.9 Å². The number of rotatable bonds is 9. The van der Waals surface area contributed by atoms with Crippen LogP contribution < -0.4 is 10.1 Å². The van der Waals surface area contributed by atoms with Gasteiger partial charge in [-0.2, -0.15) is 0 Å². The molecular formula is C23H27FN4O3. The molecule has 0 aromatic heterocycles. The van der Waals surface area contributed by atoms with Crippen LogP contribution in [0.1, 0.15) is 33.6 Å². The largest absolute Gasteiger partial charge is 0.492 e. The summed E-state index contributed by atoms with van der Waals surface area (Å²) in [6, 6.07) is 12.8. The van der Waals surface area contributed by atoms with E-state index in [1.165, 1.54) is 17.0 Å². The lowest BCUT2D eigenvalue weighted by Gasteiger charge is -2.22. The molecule has 1 aliphatic rings. The monoisotopic (exact) mass is 426 g/mol. The van der Waals surface area contributed by atoms with Crippen LogP contribution >= 0.6 is 0 Å². The molecule has 0 atom stereocenters. The number of aliphatic imine (C=N–C) groups is 1. The summed E-state index contributed by atoms with van der Waals surface area (Å²) in [5.74, 6) is 0.613. The summed E-state index contributed by atoms with van der Waals surface area (Å²) in [6.07, 6.45) is 1.49. The van der Waals surface area contributed by atoms with Crippen molar-refractivity contribution in [2.45, 2.75) is 12.8 Å². The number of hydrogen-bond acceptors (Lipinski definition) is 4. The van der Waals surface area contributed by atoms with Crippen LogP contribution in [0.3, 0.4) is 0 Å². The number of imide groups is 1. The number of guanidine groups is 1. The van der Waals surface area contributed by atoms with E-state index in [2.05, 4.69) is 10.3 Å². The minimum atomic E-state index is -0.294. The van der Waals surface area contributed by atoms with Crippen LogP contribution in [0.5, 0.6) is 5.75 Å². The van der Waals surface area contributed by atoms with Gasteiger partial charge in [0, 0.05) is 27.2 Å². The Kier molecular flexibility index (Phi) is 7.59. The zero-order valence-electron chi connectivity index (χ0n) is 17.8. The van der Waals surface area contributed by atoms with Gasteiger partial charge in [-0.05, 0) is 49.2 Å². The second-order valence-corrected chi connectivity index (χ2v) is 7.21. The maximum Gasteiger partial charge on any atom is 0.261 e. The standard InChI is InChI=1S/C23H27FN4O3/c1-25-23(27(2)15-16-31-18-11-9-17(24)10-12-18)26-13-5-6-14-28-21(29)19-7-3-4-8-20(19)22(28)30/h3-4,7-12H,5-6,13-16H2,1-2H3,(H,25,26). The Hall–Kier alpha value is -3.42.